The maximum absolute atomic E-state index is 13.3. The largest absolute Gasteiger partial charge is 0.449 e. The standard InChI is InChI=1S/C15H12FNO4/c1-2-13(18)11-5-3-4-6-14(11)21-15-9-10(16)7-8-12(15)17(19)20/h3-9H,2H2,1H3. The van der Waals surface area contributed by atoms with Gasteiger partial charge < -0.3 is 4.74 Å². The summed E-state index contributed by atoms with van der Waals surface area (Å²) >= 11 is 0. The zero-order valence-electron chi connectivity index (χ0n) is 11.2. The fourth-order valence-electron chi connectivity index (χ4n) is 1.82. The molecule has 108 valence electrons. The lowest BCUT2D eigenvalue weighted by Crippen LogP contribution is -2.01. The van der Waals surface area contributed by atoms with Gasteiger partial charge in [-0.2, -0.15) is 0 Å². The van der Waals surface area contributed by atoms with Crippen LogP contribution in [0.1, 0.15) is 23.7 Å². The van der Waals surface area contributed by atoms with Crippen molar-refractivity contribution in [3.63, 3.8) is 0 Å². The molecule has 0 heterocycles. The summed E-state index contributed by atoms with van der Waals surface area (Å²) in [6.45, 7) is 1.70. The van der Waals surface area contributed by atoms with E-state index in [1.54, 1.807) is 25.1 Å². The number of nitro groups is 1. The van der Waals surface area contributed by atoms with Gasteiger partial charge in [-0.05, 0) is 18.2 Å². The minimum atomic E-state index is -0.668. The van der Waals surface area contributed by atoms with Crippen LogP contribution in [0.2, 0.25) is 0 Å². The number of hydrogen-bond acceptors (Lipinski definition) is 4. The molecule has 21 heavy (non-hydrogen) atoms. The van der Waals surface area contributed by atoms with Gasteiger partial charge in [-0.25, -0.2) is 4.39 Å². The summed E-state index contributed by atoms with van der Waals surface area (Å²) in [7, 11) is 0. The summed E-state index contributed by atoms with van der Waals surface area (Å²) in [5.74, 6) is -0.894. The fourth-order valence-corrected chi connectivity index (χ4v) is 1.82. The number of halogens is 1. The van der Waals surface area contributed by atoms with Gasteiger partial charge in [0.25, 0.3) is 0 Å². The van der Waals surface area contributed by atoms with Crippen molar-refractivity contribution in [2.45, 2.75) is 13.3 Å². The molecule has 0 aromatic heterocycles. The van der Waals surface area contributed by atoms with Crippen LogP contribution >= 0.6 is 0 Å². The van der Waals surface area contributed by atoms with Gasteiger partial charge in [-0.15, -0.1) is 0 Å². The van der Waals surface area contributed by atoms with Crippen molar-refractivity contribution in [2.75, 3.05) is 0 Å². The number of nitrogens with zero attached hydrogens (tertiary/aromatic N) is 1. The second-order valence-corrected chi connectivity index (χ2v) is 4.24. The highest BCUT2D eigenvalue weighted by atomic mass is 19.1. The van der Waals surface area contributed by atoms with Crippen molar-refractivity contribution in [1.82, 2.24) is 0 Å². The number of para-hydroxylation sites is 1. The van der Waals surface area contributed by atoms with E-state index in [1.165, 1.54) is 6.07 Å². The Kier molecular flexibility index (Phi) is 4.27. The van der Waals surface area contributed by atoms with Gasteiger partial charge >= 0.3 is 5.69 Å². The Morgan fingerprint density at radius 3 is 2.62 bits per heavy atom. The van der Waals surface area contributed by atoms with Gasteiger partial charge in [-0.1, -0.05) is 19.1 Å². The molecular weight excluding hydrogens is 277 g/mol. The minimum Gasteiger partial charge on any atom is -0.449 e. The zero-order valence-corrected chi connectivity index (χ0v) is 11.2. The SMILES string of the molecule is CCC(=O)c1ccccc1Oc1cc(F)ccc1[N+](=O)[O-]. The van der Waals surface area contributed by atoms with E-state index in [0.29, 0.717) is 5.56 Å². The summed E-state index contributed by atoms with van der Waals surface area (Å²) in [4.78, 5) is 22.1. The third kappa shape index (κ3) is 3.22. The van der Waals surface area contributed by atoms with Gasteiger partial charge in [0.2, 0.25) is 5.75 Å². The maximum atomic E-state index is 13.3. The molecule has 0 unspecified atom stereocenters. The zero-order chi connectivity index (χ0) is 15.4. The van der Waals surface area contributed by atoms with E-state index in [9.17, 15) is 19.3 Å². The van der Waals surface area contributed by atoms with Crippen LogP contribution in [0.3, 0.4) is 0 Å². The highest BCUT2D eigenvalue weighted by Crippen LogP contribution is 2.33. The Balaban J connectivity index is 2.46. The third-order valence-electron chi connectivity index (χ3n) is 2.85. The summed E-state index contributed by atoms with van der Waals surface area (Å²) < 4.78 is 18.7. The Morgan fingerprint density at radius 2 is 1.95 bits per heavy atom. The number of hydrogen-bond donors (Lipinski definition) is 0. The fraction of sp³-hybridized carbons (Fsp3) is 0.133. The van der Waals surface area contributed by atoms with Crippen LogP contribution in [0.15, 0.2) is 42.5 Å². The predicted octanol–water partition coefficient (Wildman–Crippen LogP) is 4.12. The number of ketones is 1. The lowest BCUT2D eigenvalue weighted by atomic mass is 10.1. The highest BCUT2D eigenvalue weighted by Gasteiger charge is 2.19. The van der Waals surface area contributed by atoms with E-state index in [-0.39, 0.29) is 29.4 Å². The van der Waals surface area contributed by atoms with Crippen LogP contribution in [0.25, 0.3) is 0 Å². The van der Waals surface area contributed by atoms with Crippen LogP contribution in [0, 0.1) is 15.9 Å². The quantitative estimate of drug-likeness (QED) is 0.471. The smallest absolute Gasteiger partial charge is 0.311 e. The van der Waals surface area contributed by atoms with Crippen molar-refractivity contribution in [1.29, 1.82) is 0 Å². The molecule has 0 amide bonds. The first-order valence-corrected chi connectivity index (χ1v) is 6.27. The first kappa shape index (κ1) is 14.6. The molecule has 0 saturated heterocycles. The molecule has 2 aromatic rings. The Bertz CT molecular complexity index is 700. The van der Waals surface area contributed by atoms with Crippen LogP contribution in [-0.2, 0) is 0 Å². The van der Waals surface area contributed by atoms with E-state index in [1.807, 2.05) is 0 Å². The number of benzene rings is 2. The topological polar surface area (TPSA) is 69.4 Å². The van der Waals surface area contributed by atoms with E-state index >= 15 is 0 Å². The van der Waals surface area contributed by atoms with Gasteiger partial charge in [0.1, 0.15) is 11.6 Å². The average Bonchev–Trinajstić information content (AvgIpc) is 2.47. The lowest BCUT2D eigenvalue weighted by Gasteiger charge is -2.10. The number of carbonyl (C=O) groups excluding carboxylic acids is 1. The molecule has 0 N–H and O–H groups in total. The second kappa shape index (κ2) is 6.13. The minimum absolute atomic E-state index is 0.162. The maximum Gasteiger partial charge on any atom is 0.311 e. The number of nitro benzene ring substituents is 1. The van der Waals surface area contributed by atoms with Gasteiger partial charge in [0.05, 0.1) is 10.5 Å². The van der Waals surface area contributed by atoms with Crippen molar-refractivity contribution < 1.29 is 18.8 Å². The van der Waals surface area contributed by atoms with Crippen molar-refractivity contribution >= 4 is 11.5 Å². The Morgan fingerprint density at radius 1 is 1.24 bits per heavy atom. The normalized spacial score (nSPS) is 10.2. The van der Waals surface area contributed by atoms with Gasteiger partial charge in [0, 0.05) is 18.6 Å². The van der Waals surface area contributed by atoms with E-state index in [4.69, 9.17) is 4.74 Å². The molecule has 0 radical (unpaired) electrons. The first-order chi connectivity index (χ1) is 10.0. The third-order valence-corrected chi connectivity index (χ3v) is 2.85. The number of rotatable bonds is 5. The molecule has 0 spiro atoms. The summed E-state index contributed by atoms with van der Waals surface area (Å²) in [6, 6.07) is 9.29. The van der Waals surface area contributed by atoms with Crippen molar-refractivity contribution in [2.24, 2.45) is 0 Å². The van der Waals surface area contributed by atoms with Crippen molar-refractivity contribution in [3.8, 4) is 11.5 Å². The molecule has 0 aliphatic carbocycles. The molecular formula is C15H12FNO4. The molecule has 0 aliphatic heterocycles. The average molecular weight is 289 g/mol. The van der Waals surface area contributed by atoms with Crippen LogP contribution in [-0.4, -0.2) is 10.7 Å². The van der Waals surface area contributed by atoms with E-state index in [0.717, 1.165) is 18.2 Å². The second-order valence-electron chi connectivity index (χ2n) is 4.24. The molecule has 0 saturated carbocycles. The van der Waals surface area contributed by atoms with Gasteiger partial charge in [0.15, 0.2) is 5.78 Å². The molecule has 5 nitrogen and oxygen atoms in total. The molecule has 6 heteroatoms. The van der Waals surface area contributed by atoms with Crippen molar-refractivity contribution in [3.05, 3.63) is 64.0 Å². The lowest BCUT2D eigenvalue weighted by molar-refractivity contribution is -0.385. The summed E-state index contributed by atoms with van der Waals surface area (Å²) in [5.41, 5.74) is -0.0614. The summed E-state index contributed by atoms with van der Waals surface area (Å²) in [6.07, 6.45) is 0.269. The van der Waals surface area contributed by atoms with Crippen LogP contribution in [0.4, 0.5) is 10.1 Å². The molecule has 0 aliphatic rings. The summed E-state index contributed by atoms with van der Waals surface area (Å²) in [5, 5.41) is 10.9. The van der Waals surface area contributed by atoms with Gasteiger partial charge in [-0.3, -0.25) is 14.9 Å². The Labute approximate surface area is 120 Å². The monoisotopic (exact) mass is 289 g/mol. The number of carbonyl (C=O) groups is 1. The molecule has 0 atom stereocenters. The van der Waals surface area contributed by atoms with E-state index < -0.39 is 10.7 Å². The van der Waals surface area contributed by atoms with Crippen LogP contribution < -0.4 is 4.74 Å². The molecule has 2 rings (SSSR count). The number of ether oxygens (including phenoxy) is 1. The van der Waals surface area contributed by atoms with Crippen LogP contribution in [0.5, 0.6) is 11.5 Å². The molecule has 0 bridgehead atoms. The Hall–Kier alpha value is -2.76. The molecule has 0 fully saturated rings. The molecule has 2 aromatic carbocycles. The number of Topliss-reactive ketones (excluding diaryl/α,β-unsaturated/α-hetero) is 1. The first-order valence-electron chi connectivity index (χ1n) is 6.27. The highest BCUT2D eigenvalue weighted by molar-refractivity contribution is 5.98. The van der Waals surface area contributed by atoms with E-state index in [2.05, 4.69) is 0 Å². The predicted molar refractivity (Wildman–Crippen MR) is 74.2 cm³/mol.